The number of benzene rings is 6. The van der Waals surface area contributed by atoms with Gasteiger partial charge in [-0.3, -0.25) is 0 Å². The van der Waals surface area contributed by atoms with Gasteiger partial charge in [0.2, 0.25) is 0 Å². The summed E-state index contributed by atoms with van der Waals surface area (Å²) >= 11 is -0.826. The van der Waals surface area contributed by atoms with Crippen molar-refractivity contribution in [2.24, 2.45) is 0 Å². The third-order valence-electron chi connectivity index (χ3n) is 14.0. The SMILES string of the molecule is CCCCc1cc2c(-c3cc(C(C)C)cc(C(C)C)c3)c(CC)ccc2[cH-]1.CCCCc1cc2c(-c3cc(C(C)C)cc(C(C)C)c3)c(CC)ccc2[cH-]1.[Cl][Zr][Cl].[c-]1cccc2c1[Si]c1ccccc1-2. The van der Waals surface area contributed by atoms with Crippen LogP contribution in [0.15, 0.2) is 127 Å². The maximum Gasteiger partial charge on any atom is 0.0920 e. The normalized spacial score (nSPS) is 11.6. The standard InChI is InChI=1S/2C27H35.C12H7Si.2ClH.Zr/c2*1-7-9-10-20-13-22-12-11-21(8-2)27(26(22)14-20)25-16-23(18(3)4)15-24(17-25)19(5)6;1-3-7-11-9(5-1)10-6-2-4-8-12(10)13-11;;;/h2*11-19H,7-10H2,1-6H3;1-7H;2*1H;/q3*-1;;;+2/p-2. The van der Waals surface area contributed by atoms with Gasteiger partial charge in [0.05, 0.1) is 9.52 Å². The van der Waals surface area contributed by atoms with Gasteiger partial charge in [0.25, 0.3) is 0 Å². The average molecular weight is 1060 g/mol. The Balaban J connectivity index is 0.000000176. The molecule has 0 unspecified atom stereocenters. The van der Waals surface area contributed by atoms with Crippen LogP contribution in [0.3, 0.4) is 0 Å². The van der Waals surface area contributed by atoms with Gasteiger partial charge >= 0.3 is 37.9 Å². The molecule has 4 heteroatoms. The molecule has 8 aromatic rings. The van der Waals surface area contributed by atoms with E-state index in [1.54, 1.807) is 0 Å². The molecule has 0 bridgehead atoms. The van der Waals surface area contributed by atoms with E-state index in [1.165, 1.54) is 148 Å². The molecule has 70 heavy (non-hydrogen) atoms. The van der Waals surface area contributed by atoms with Gasteiger partial charge in [0.15, 0.2) is 0 Å². The molecule has 0 amide bonds. The minimum Gasteiger partial charge on any atom is -0.184 e. The van der Waals surface area contributed by atoms with Gasteiger partial charge in [-0.25, -0.2) is 0 Å². The van der Waals surface area contributed by atoms with Crippen LogP contribution in [-0.2, 0) is 46.5 Å². The summed E-state index contributed by atoms with van der Waals surface area (Å²) in [7, 11) is 10.7. The van der Waals surface area contributed by atoms with E-state index in [-0.39, 0.29) is 0 Å². The fourth-order valence-electron chi connectivity index (χ4n) is 9.80. The first kappa shape index (κ1) is 55.5. The van der Waals surface area contributed by atoms with E-state index < -0.39 is 20.8 Å². The topological polar surface area (TPSA) is 0 Å². The molecule has 0 fully saturated rings. The molecule has 0 spiro atoms. The quantitative estimate of drug-likeness (QED) is 0.0752. The number of rotatable bonds is 14. The number of halogens is 2. The van der Waals surface area contributed by atoms with E-state index in [0.717, 1.165) is 22.4 Å². The first-order valence-corrected chi connectivity index (χ1v) is 33.6. The predicted molar refractivity (Wildman–Crippen MR) is 310 cm³/mol. The molecule has 9 rings (SSSR count). The van der Waals surface area contributed by atoms with Crippen molar-refractivity contribution in [2.45, 2.75) is 158 Å². The van der Waals surface area contributed by atoms with Gasteiger partial charge in [-0.1, -0.05) is 202 Å². The summed E-state index contributed by atoms with van der Waals surface area (Å²) in [6.07, 6.45) is 9.57. The van der Waals surface area contributed by atoms with Gasteiger partial charge in [-0.05, 0) is 82.7 Å². The number of hydrogen-bond donors (Lipinski definition) is 0. The molecule has 8 aromatic carbocycles. The fraction of sp³-hybridized carbons (Fsp3) is 0.364. The fourth-order valence-corrected chi connectivity index (χ4v) is 11.1. The van der Waals surface area contributed by atoms with Gasteiger partial charge in [-0.2, -0.15) is 41.6 Å². The smallest absolute Gasteiger partial charge is 0.0920 e. The van der Waals surface area contributed by atoms with Crippen molar-refractivity contribution in [1.29, 1.82) is 0 Å². The Bertz CT molecular complexity index is 2670. The number of unbranched alkanes of at least 4 members (excludes halogenated alkanes) is 2. The molecule has 0 aliphatic carbocycles. The van der Waals surface area contributed by atoms with Crippen LogP contribution in [-0.4, -0.2) is 9.52 Å². The van der Waals surface area contributed by atoms with Crippen LogP contribution in [0.25, 0.3) is 54.9 Å². The summed E-state index contributed by atoms with van der Waals surface area (Å²) in [6.45, 7) is 27.5. The Morgan fingerprint density at radius 1 is 0.514 bits per heavy atom. The molecule has 1 heterocycles. The molecule has 1 aliphatic heterocycles. The van der Waals surface area contributed by atoms with Crippen molar-refractivity contribution in [3.05, 3.63) is 178 Å². The first-order valence-electron chi connectivity index (χ1n) is 26.3. The van der Waals surface area contributed by atoms with E-state index >= 15 is 0 Å². The second-order valence-corrected chi connectivity index (χ2v) is 25.5. The monoisotopic (exact) mass is 1060 g/mol. The van der Waals surface area contributed by atoms with E-state index in [1.807, 2.05) is 6.07 Å². The minimum absolute atomic E-state index is 0.548. The Morgan fingerprint density at radius 3 is 1.33 bits per heavy atom. The number of fused-ring (bicyclic) bond motifs is 5. The second kappa shape index (κ2) is 26.8. The minimum atomic E-state index is -0.826. The molecular formula is C66H77Cl2SiZr-3. The summed E-state index contributed by atoms with van der Waals surface area (Å²) in [5.74, 6) is 2.19. The zero-order chi connectivity index (χ0) is 50.5. The van der Waals surface area contributed by atoms with Crippen molar-refractivity contribution >= 4 is 58.5 Å². The van der Waals surface area contributed by atoms with Crippen LogP contribution in [0, 0.1) is 6.07 Å². The Morgan fingerprint density at radius 2 is 0.929 bits per heavy atom. The van der Waals surface area contributed by atoms with Crippen molar-refractivity contribution in [2.75, 3.05) is 0 Å². The maximum atomic E-state index is 4.93. The molecule has 366 valence electrons. The van der Waals surface area contributed by atoms with Crippen LogP contribution < -0.4 is 10.4 Å². The summed E-state index contributed by atoms with van der Waals surface area (Å²) in [5.41, 5.74) is 20.2. The summed E-state index contributed by atoms with van der Waals surface area (Å²) in [4.78, 5) is 0. The zero-order valence-corrected chi connectivity index (χ0v) is 49.3. The van der Waals surface area contributed by atoms with Gasteiger partial charge in [0.1, 0.15) is 0 Å². The van der Waals surface area contributed by atoms with Crippen molar-refractivity contribution in [1.82, 2.24) is 0 Å². The predicted octanol–water partition coefficient (Wildman–Crippen LogP) is 19.3. The molecule has 0 nitrogen and oxygen atoms in total. The third kappa shape index (κ3) is 13.8. The van der Waals surface area contributed by atoms with Crippen molar-refractivity contribution < 1.29 is 20.8 Å². The molecular weight excluding hydrogens is 983 g/mol. The molecule has 0 N–H and O–H groups in total. The molecule has 0 saturated heterocycles. The van der Waals surface area contributed by atoms with Crippen molar-refractivity contribution in [3.8, 4) is 33.4 Å². The largest absolute Gasteiger partial charge is 0.184 e. The average Bonchev–Trinajstić information content (AvgIpc) is 4.09. The summed E-state index contributed by atoms with van der Waals surface area (Å²) < 4.78 is 0. The Kier molecular flexibility index (Phi) is 21.2. The molecule has 1 aliphatic rings. The van der Waals surface area contributed by atoms with Crippen LogP contribution in [0.2, 0.25) is 0 Å². The van der Waals surface area contributed by atoms with Gasteiger partial charge < -0.3 is 0 Å². The van der Waals surface area contributed by atoms with Crippen LogP contribution in [0.5, 0.6) is 0 Å². The van der Waals surface area contributed by atoms with E-state index in [4.69, 9.17) is 17.0 Å². The number of hydrogen-bond acceptors (Lipinski definition) is 0. The van der Waals surface area contributed by atoms with E-state index in [0.29, 0.717) is 23.7 Å². The summed E-state index contributed by atoms with van der Waals surface area (Å²) in [6, 6.07) is 51.8. The Hall–Kier alpha value is -3.78. The maximum absolute atomic E-state index is 4.93. The first-order chi connectivity index (χ1) is 33.7. The molecule has 0 aromatic heterocycles. The van der Waals surface area contributed by atoms with E-state index in [2.05, 4.69) is 210 Å². The van der Waals surface area contributed by atoms with E-state index in [9.17, 15) is 0 Å². The van der Waals surface area contributed by atoms with Gasteiger partial charge in [0, 0.05) is 0 Å². The summed E-state index contributed by atoms with van der Waals surface area (Å²) in [5, 5.41) is 8.50. The van der Waals surface area contributed by atoms with Crippen molar-refractivity contribution in [3.63, 3.8) is 0 Å². The molecule has 0 atom stereocenters. The molecule has 2 radical (unpaired) electrons. The number of aryl methyl sites for hydroxylation is 4. The zero-order valence-electron chi connectivity index (χ0n) is 44.3. The Labute approximate surface area is 445 Å². The third-order valence-corrected chi connectivity index (χ3v) is 15.4. The second-order valence-electron chi connectivity index (χ2n) is 20.4. The van der Waals surface area contributed by atoms with Crippen LogP contribution in [0.1, 0.15) is 177 Å². The van der Waals surface area contributed by atoms with Gasteiger partial charge in [-0.15, -0.1) is 74.6 Å². The molecule has 0 saturated carbocycles. The van der Waals surface area contributed by atoms with Crippen LogP contribution in [0.4, 0.5) is 0 Å². The van der Waals surface area contributed by atoms with Crippen LogP contribution >= 0.6 is 17.0 Å².